The fraction of sp³-hybridized carbons (Fsp3) is 0.292. The zero-order valence-corrected chi connectivity index (χ0v) is 19.3. The molecule has 1 heterocycles. The standard InChI is InChI=1S/C24H28ClN5O2/c1-4-26-24(32)29(15-17(2)3)16-23(31)27-22-14-20(18-10-6-5-7-11-18)28-30(22)21-13-9-8-12-19(21)25/h5-14,17H,4,15-16H2,1-3H3,(H,26,32)(H,27,31). The minimum absolute atomic E-state index is 0.0710. The molecule has 0 radical (unpaired) electrons. The zero-order valence-electron chi connectivity index (χ0n) is 18.5. The maximum absolute atomic E-state index is 12.9. The summed E-state index contributed by atoms with van der Waals surface area (Å²) in [4.78, 5) is 26.8. The Hall–Kier alpha value is -3.32. The molecule has 2 N–H and O–H groups in total. The summed E-state index contributed by atoms with van der Waals surface area (Å²) < 4.78 is 1.61. The van der Waals surface area contributed by atoms with Gasteiger partial charge in [0.15, 0.2) is 0 Å². The zero-order chi connectivity index (χ0) is 23.1. The molecule has 0 saturated heterocycles. The van der Waals surface area contributed by atoms with Crippen molar-refractivity contribution in [3.8, 4) is 16.9 Å². The second kappa shape index (κ2) is 10.8. The molecule has 0 atom stereocenters. The molecular formula is C24H28ClN5O2. The number of para-hydroxylation sites is 1. The Labute approximate surface area is 193 Å². The van der Waals surface area contributed by atoms with Crippen LogP contribution in [0.5, 0.6) is 0 Å². The summed E-state index contributed by atoms with van der Waals surface area (Å²) in [7, 11) is 0. The summed E-state index contributed by atoms with van der Waals surface area (Å²) in [5.74, 6) is 0.385. The number of amides is 3. The molecule has 3 amide bonds. The highest BCUT2D eigenvalue weighted by Crippen LogP contribution is 2.28. The lowest BCUT2D eigenvalue weighted by Gasteiger charge is -2.24. The van der Waals surface area contributed by atoms with E-state index in [0.29, 0.717) is 35.3 Å². The average Bonchev–Trinajstić information content (AvgIpc) is 3.17. The molecule has 0 aliphatic heterocycles. The molecule has 3 rings (SSSR count). The van der Waals surface area contributed by atoms with Crippen LogP contribution in [0.1, 0.15) is 20.8 Å². The van der Waals surface area contributed by atoms with Gasteiger partial charge in [-0.15, -0.1) is 0 Å². The molecule has 0 unspecified atom stereocenters. The fourth-order valence-corrected chi connectivity index (χ4v) is 3.52. The molecule has 32 heavy (non-hydrogen) atoms. The van der Waals surface area contributed by atoms with Gasteiger partial charge in [-0.25, -0.2) is 9.48 Å². The molecule has 8 heteroatoms. The molecule has 0 aliphatic rings. The number of nitrogens with zero attached hydrogens (tertiary/aromatic N) is 3. The van der Waals surface area contributed by atoms with Crippen molar-refractivity contribution in [1.82, 2.24) is 20.0 Å². The van der Waals surface area contributed by atoms with Gasteiger partial charge < -0.3 is 15.5 Å². The maximum Gasteiger partial charge on any atom is 0.317 e. The quantitative estimate of drug-likeness (QED) is 0.513. The van der Waals surface area contributed by atoms with Crippen molar-refractivity contribution in [2.45, 2.75) is 20.8 Å². The highest BCUT2D eigenvalue weighted by atomic mass is 35.5. The van der Waals surface area contributed by atoms with E-state index in [1.807, 2.05) is 69.3 Å². The number of hydrogen-bond donors (Lipinski definition) is 2. The lowest BCUT2D eigenvalue weighted by molar-refractivity contribution is -0.116. The Morgan fingerprint density at radius 2 is 1.78 bits per heavy atom. The Bertz CT molecular complexity index is 1070. The van der Waals surface area contributed by atoms with Gasteiger partial charge in [-0.05, 0) is 25.0 Å². The van der Waals surface area contributed by atoms with Crippen LogP contribution in [0.15, 0.2) is 60.7 Å². The van der Waals surface area contributed by atoms with Gasteiger partial charge in [-0.3, -0.25) is 4.79 Å². The van der Waals surface area contributed by atoms with Crippen molar-refractivity contribution in [2.75, 3.05) is 25.0 Å². The summed E-state index contributed by atoms with van der Waals surface area (Å²) in [6.07, 6.45) is 0. The molecule has 1 aromatic heterocycles. The summed E-state index contributed by atoms with van der Waals surface area (Å²) in [5, 5.41) is 10.9. The third-order valence-electron chi connectivity index (χ3n) is 4.66. The van der Waals surface area contributed by atoms with Crippen LogP contribution in [0, 0.1) is 5.92 Å². The minimum atomic E-state index is -0.315. The second-order valence-electron chi connectivity index (χ2n) is 7.80. The van der Waals surface area contributed by atoms with Crippen LogP contribution in [-0.2, 0) is 4.79 Å². The Balaban J connectivity index is 1.90. The van der Waals surface area contributed by atoms with E-state index >= 15 is 0 Å². The second-order valence-corrected chi connectivity index (χ2v) is 8.21. The average molecular weight is 454 g/mol. The number of hydrogen-bond acceptors (Lipinski definition) is 3. The predicted octanol–water partition coefficient (Wildman–Crippen LogP) is 4.82. The molecular weight excluding hydrogens is 426 g/mol. The first kappa shape index (κ1) is 23.3. The van der Waals surface area contributed by atoms with Gasteiger partial charge >= 0.3 is 6.03 Å². The van der Waals surface area contributed by atoms with E-state index in [1.54, 1.807) is 16.8 Å². The van der Waals surface area contributed by atoms with E-state index in [2.05, 4.69) is 15.7 Å². The van der Waals surface area contributed by atoms with E-state index in [0.717, 1.165) is 5.56 Å². The SMILES string of the molecule is CCNC(=O)N(CC(=O)Nc1cc(-c2ccccc2)nn1-c1ccccc1Cl)CC(C)C. The molecule has 0 aliphatic carbocycles. The van der Waals surface area contributed by atoms with Gasteiger partial charge in [0.1, 0.15) is 12.4 Å². The molecule has 168 valence electrons. The van der Waals surface area contributed by atoms with Crippen molar-refractivity contribution >= 4 is 29.4 Å². The van der Waals surface area contributed by atoms with E-state index in [1.165, 1.54) is 4.90 Å². The Morgan fingerprint density at radius 3 is 2.44 bits per heavy atom. The van der Waals surface area contributed by atoms with Gasteiger partial charge in [0.2, 0.25) is 5.91 Å². The van der Waals surface area contributed by atoms with Crippen LogP contribution in [0.4, 0.5) is 10.6 Å². The van der Waals surface area contributed by atoms with Gasteiger partial charge in [0, 0.05) is 24.7 Å². The monoisotopic (exact) mass is 453 g/mol. The number of nitrogens with one attached hydrogen (secondary N) is 2. The number of aromatic nitrogens is 2. The largest absolute Gasteiger partial charge is 0.338 e. The number of urea groups is 1. The summed E-state index contributed by atoms with van der Waals surface area (Å²) in [6.45, 7) is 6.75. The van der Waals surface area contributed by atoms with Crippen molar-refractivity contribution in [3.05, 3.63) is 65.7 Å². The molecule has 0 fully saturated rings. The predicted molar refractivity (Wildman–Crippen MR) is 128 cm³/mol. The van der Waals surface area contributed by atoms with Crippen LogP contribution in [0.3, 0.4) is 0 Å². The first-order chi connectivity index (χ1) is 15.4. The van der Waals surface area contributed by atoms with Crippen LogP contribution >= 0.6 is 11.6 Å². The number of benzene rings is 2. The number of anilines is 1. The van der Waals surface area contributed by atoms with Crippen molar-refractivity contribution < 1.29 is 9.59 Å². The molecule has 0 spiro atoms. The summed E-state index contributed by atoms with van der Waals surface area (Å²) in [6, 6.07) is 18.5. The molecule has 2 aromatic carbocycles. The minimum Gasteiger partial charge on any atom is -0.338 e. The first-order valence-corrected chi connectivity index (χ1v) is 11.0. The number of carbonyl (C=O) groups is 2. The van der Waals surface area contributed by atoms with E-state index in [9.17, 15) is 9.59 Å². The third-order valence-corrected chi connectivity index (χ3v) is 4.98. The normalized spacial score (nSPS) is 10.8. The Kier molecular flexibility index (Phi) is 7.89. The van der Waals surface area contributed by atoms with Crippen LogP contribution in [0.25, 0.3) is 16.9 Å². The number of rotatable bonds is 8. The summed E-state index contributed by atoms with van der Waals surface area (Å²) >= 11 is 6.41. The molecule has 0 bridgehead atoms. The highest BCUT2D eigenvalue weighted by molar-refractivity contribution is 6.32. The van der Waals surface area contributed by atoms with Crippen LogP contribution in [-0.4, -0.2) is 46.3 Å². The lowest BCUT2D eigenvalue weighted by Crippen LogP contribution is -2.45. The smallest absolute Gasteiger partial charge is 0.317 e. The fourth-order valence-electron chi connectivity index (χ4n) is 3.31. The van der Waals surface area contributed by atoms with Crippen molar-refractivity contribution in [3.63, 3.8) is 0 Å². The molecule has 0 saturated carbocycles. The molecule has 7 nitrogen and oxygen atoms in total. The van der Waals surface area contributed by atoms with Crippen molar-refractivity contribution in [1.29, 1.82) is 0 Å². The van der Waals surface area contributed by atoms with E-state index in [4.69, 9.17) is 11.6 Å². The lowest BCUT2D eigenvalue weighted by atomic mass is 10.1. The van der Waals surface area contributed by atoms with Gasteiger partial charge in [-0.1, -0.05) is 67.9 Å². The van der Waals surface area contributed by atoms with E-state index < -0.39 is 0 Å². The third kappa shape index (κ3) is 5.88. The van der Waals surface area contributed by atoms with Gasteiger partial charge in [0.05, 0.1) is 16.4 Å². The van der Waals surface area contributed by atoms with Crippen LogP contribution < -0.4 is 10.6 Å². The van der Waals surface area contributed by atoms with Gasteiger partial charge in [0.25, 0.3) is 0 Å². The Morgan fingerprint density at radius 1 is 1.09 bits per heavy atom. The first-order valence-electron chi connectivity index (χ1n) is 10.6. The maximum atomic E-state index is 12.9. The number of carbonyl (C=O) groups excluding carboxylic acids is 2. The van der Waals surface area contributed by atoms with Gasteiger partial charge in [-0.2, -0.15) is 5.10 Å². The van der Waals surface area contributed by atoms with Crippen LogP contribution in [0.2, 0.25) is 5.02 Å². The van der Waals surface area contributed by atoms with Crippen molar-refractivity contribution in [2.24, 2.45) is 5.92 Å². The van der Waals surface area contributed by atoms with E-state index in [-0.39, 0.29) is 24.4 Å². The number of halogens is 1. The summed E-state index contributed by atoms with van der Waals surface area (Å²) in [5.41, 5.74) is 2.26. The topological polar surface area (TPSA) is 79.3 Å². The molecule has 3 aromatic rings. The highest BCUT2D eigenvalue weighted by Gasteiger charge is 2.20.